The minimum atomic E-state index is 0.0497. The molecule has 0 radical (unpaired) electrons. The standard InChI is InChI=1S/C23H25N3O2S/c1-25(2)19-6-4-18(5-7-19)16-26(20-8-10-21(28-3)11-9-20)23(27)17-29-22-12-14-24-15-13-22/h4-15H,16-17H2,1-3H3. The number of thioether (sulfide) groups is 1. The molecular weight excluding hydrogens is 382 g/mol. The van der Waals surface area contributed by atoms with E-state index in [2.05, 4.69) is 34.1 Å². The van der Waals surface area contributed by atoms with Gasteiger partial charge in [-0.2, -0.15) is 0 Å². The maximum absolute atomic E-state index is 13.1. The molecular formula is C23H25N3O2S. The summed E-state index contributed by atoms with van der Waals surface area (Å²) >= 11 is 1.51. The maximum atomic E-state index is 13.1. The van der Waals surface area contributed by atoms with Crippen LogP contribution in [-0.2, 0) is 11.3 Å². The van der Waals surface area contributed by atoms with Gasteiger partial charge >= 0.3 is 0 Å². The molecule has 0 fully saturated rings. The van der Waals surface area contributed by atoms with Gasteiger partial charge in [0.05, 0.1) is 19.4 Å². The summed E-state index contributed by atoms with van der Waals surface area (Å²) < 4.78 is 5.25. The van der Waals surface area contributed by atoms with E-state index in [1.165, 1.54) is 11.8 Å². The van der Waals surface area contributed by atoms with Crippen LogP contribution in [0.3, 0.4) is 0 Å². The number of methoxy groups -OCH3 is 1. The Balaban J connectivity index is 1.79. The van der Waals surface area contributed by atoms with Crippen LogP contribution in [0.15, 0.2) is 78.0 Å². The number of carbonyl (C=O) groups excluding carboxylic acids is 1. The first-order chi connectivity index (χ1) is 14.1. The van der Waals surface area contributed by atoms with Crippen molar-refractivity contribution in [1.82, 2.24) is 4.98 Å². The largest absolute Gasteiger partial charge is 0.497 e. The van der Waals surface area contributed by atoms with Crippen molar-refractivity contribution >= 4 is 29.0 Å². The molecule has 0 unspecified atom stereocenters. The van der Waals surface area contributed by atoms with Crippen LogP contribution >= 0.6 is 11.8 Å². The topological polar surface area (TPSA) is 45.7 Å². The monoisotopic (exact) mass is 407 g/mol. The Labute approximate surface area is 176 Å². The van der Waals surface area contributed by atoms with E-state index in [-0.39, 0.29) is 5.91 Å². The number of pyridine rings is 1. The van der Waals surface area contributed by atoms with E-state index >= 15 is 0 Å². The molecule has 0 bridgehead atoms. The highest BCUT2D eigenvalue weighted by atomic mass is 32.2. The fraction of sp³-hybridized carbons (Fsp3) is 0.217. The Hall–Kier alpha value is -2.99. The molecule has 3 rings (SSSR count). The summed E-state index contributed by atoms with van der Waals surface area (Å²) in [5.74, 6) is 1.17. The summed E-state index contributed by atoms with van der Waals surface area (Å²) in [5, 5.41) is 0. The van der Waals surface area contributed by atoms with Gasteiger partial charge in [0, 0.05) is 42.8 Å². The van der Waals surface area contributed by atoms with E-state index in [9.17, 15) is 4.79 Å². The Morgan fingerprint density at radius 3 is 2.14 bits per heavy atom. The summed E-state index contributed by atoms with van der Waals surface area (Å²) in [4.78, 5) is 22.0. The van der Waals surface area contributed by atoms with Gasteiger partial charge in [0.2, 0.25) is 5.91 Å². The third-order valence-corrected chi connectivity index (χ3v) is 5.49. The first-order valence-electron chi connectivity index (χ1n) is 9.30. The first-order valence-corrected chi connectivity index (χ1v) is 10.3. The van der Waals surface area contributed by atoms with E-state index in [0.29, 0.717) is 12.3 Å². The third-order valence-electron chi connectivity index (χ3n) is 4.49. The number of carbonyl (C=O) groups is 1. The zero-order chi connectivity index (χ0) is 20.6. The van der Waals surface area contributed by atoms with Crippen LogP contribution in [-0.4, -0.2) is 37.8 Å². The lowest BCUT2D eigenvalue weighted by Gasteiger charge is -2.24. The van der Waals surface area contributed by atoms with Crippen LogP contribution in [0.4, 0.5) is 11.4 Å². The molecule has 0 aliphatic heterocycles. The van der Waals surface area contributed by atoms with E-state index in [0.717, 1.165) is 27.6 Å². The second kappa shape index (κ2) is 9.98. The molecule has 0 saturated heterocycles. The molecule has 0 N–H and O–H groups in total. The van der Waals surface area contributed by atoms with Crippen molar-refractivity contribution in [3.05, 3.63) is 78.6 Å². The average Bonchev–Trinajstić information content (AvgIpc) is 2.77. The van der Waals surface area contributed by atoms with Crippen LogP contribution in [0.1, 0.15) is 5.56 Å². The number of rotatable bonds is 8. The number of anilines is 2. The lowest BCUT2D eigenvalue weighted by molar-refractivity contribution is -0.116. The smallest absolute Gasteiger partial charge is 0.237 e. The molecule has 2 aromatic carbocycles. The second-order valence-electron chi connectivity index (χ2n) is 6.71. The summed E-state index contributed by atoms with van der Waals surface area (Å²) in [6.45, 7) is 0.510. The molecule has 5 nitrogen and oxygen atoms in total. The number of hydrogen-bond acceptors (Lipinski definition) is 5. The van der Waals surface area contributed by atoms with E-state index in [1.54, 1.807) is 19.5 Å². The molecule has 1 heterocycles. The SMILES string of the molecule is COc1ccc(N(Cc2ccc(N(C)C)cc2)C(=O)CSc2ccncc2)cc1. The van der Waals surface area contributed by atoms with Crippen molar-refractivity contribution in [2.24, 2.45) is 0 Å². The summed E-state index contributed by atoms with van der Waals surface area (Å²) in [6, 6.07) is 19.7. The maximum Gasteiger partial charge on any atom is 0.237 e. The summed E-state index contributed by atoms with van der Waals surface area (Å²) in [5.41, 5.74) is 3.06. The number of hydrogen-bond donors (Lipinski definition) is 0. The molecule has 3 aromatic rings. The highest BCUT2D eigenvalue weighted by molar-refractivity contribution is 8.00. The average molecular weight is 408 g/mol. The van der Waals surface area contributed by atoms with Gasteiger partial charge in [-0.25, -0.2) is 0 Å². The predicted octanol–water partition coefficient (Wildman–Crippen LogP) is 4.48. The Kier molecular flexibility index (Phi) is 7.14. The van der Waals surface area contributed by atoms with Crippen LogP contribution in [0.2, 0.25) is 0 Å². The van der Waals surface area contributed by atoms with Crippen molar-refractivity contribution in [3.63, 3.8) is 0 Å². The van der Waals surface area contributed by atoms with Crippen LogP contribution in [0.5, 0.6) is 5.75 Å². The molecule has 0 saturated carbocycles. The third kappa shape index (κ3) is 5.74. The van der Waals surface area contributed by atoms with Crippen molar-refractivity contribution in [2.45, 2.75) is 11.4 Å². The number of benzene rings is 2. The van der Waals surface area contributed by atoms with Crippen LogP contribution in [0, 0.1) is 0 Å². The Morgan fingerprint density at radius 2 is 1.55 bits per heavy atom. The van der Waals surface area contributed by atoms with E-state index in [1.807, 2.05) is 55.4 Å². The number of aromatic nitrogens is 1. The van der Waals surface area contributed by atoms with E-state index in [4.69, 9.17) is 4.74 Å². The van der Waals surface area contributed by atoms with Crippen molar-refractivity contribution in [1.29, 1.82) is 0 Å². The number of nitrogens with zero attached hydrogens (tertiary/aromatic N) is 3. The van der Waals surface area contributed by atoms with Crippen molar-refractivity contribution < 1.29 is 9.53 Å². The summed E-state index contributed by atoms with van der Waals surface area (Å²) in [6.07, 6.45) is 3.47. The first kappa shape index (κ1) is 20.7. The molecule has 0 atom stereocenters. The lowest BCUT2D eigenvalue weighted by atomic mass is 10.1. The molecule has 1 aromatic heterocycles. The number of amides is 1. The zero-order valence-electron chi connectivity index (χ0n) is 16.9. The molecule has 0 spiro atoms. The van der Waals surface area contributed by atoms with Crippen molar-refractivity contribution in [2.75, 3.05) is 36.8 Å². The molecule has 6 heteroatoms. The lowest BCUT2D eigenvalue weighted by Crippen LogP contribution is -2.31. The molecule has 1 amide bonds. The van der Waals surface area contributed by atoms with Gasteiger partial charge in [-0.3, -0.25) is 9.78 Å². The van der Waals surface area contributed by atoms with Gasteiger partial charge in [-0.15, -0.1) is 11.8 Å². The molecule has 150 valence electrons. The highest BCUT2D eigenvalue weighted by Crippen LogP contribution is 2.24. The van der Waals surface area contributed by atoms with Gasteiger partial charge < -0.3 is 14.5 Å². The van der Waals surface area contributed by atoms with Gasteiger partial charge in [0.15, 0.2) is 0 Å². The molecule has 0 aliphatic rings. The van der Waals surface area contributed by atoms with Gasteiger partial charge in [0.25, 0.3) is 0 Å². The van der Waals surface area contributed by atoms with Gasteiger partial charge in [-0.1, -0.05) is 12.1 Å². The molecule has 0 aliphatic carbocycles. The quantitative estimate of drug-likeness (QED) is 0.515. The normalized spacial score (nSPS) is 10.4. The minimum Gasteiger partial charge on any atom is -0.497 e. The zero-order valence-corrected chi connectivity index (χ0v) is 17.7. The number of ether oxygens (including phenoxy) is 1. The predicted molar refractivity (Wildman–Crippen MR) is 120 cm³/mol. The second-order valence-corrected chi connectivity index (χ2v) is 7.76. The minimum absolute atomic E-state index is 0.0497. The van der Waals surface area contributed by atoms with Crippen LogP contribution in [0.25, 0.3) is 0 Å². The highest BCUT2D eigenvalue weighted by Gasteiger charge is 2.17. The fourth-order valence-electron chi connectivity index (χ4n) is 2.83. The van der Waals surface area contributed by atoms with Crippen molar-refractivity contribution in [3.8, 4) is 5.75 Å². The fourth-order valence-corrected chi connectivity index (χ4v) is 3.59. The Bertz CT molecular complexity index is 913. The Morgan fingerprint density at radius 1 is 0.931 bits per heavy atom. The summed E-state index contributed by atoms with van der Waals surface area (Å²) in [7, 11) is 5.66. The van der Waals surface area contributed by atoms with Gasteiger partial charge in [0.1, 0.15) is 5.75 Å². The molecule has 29 heavy (non-hydrogen) atoms. The van der Waals surface area contributed by atoms with Gasteiger partial charge in [-0.05, 0) is 54.1 Å². The van der Waals surface area contributed by atoms with Crippen LogP contribution < -0.4 is 14.5 Å². The van der Waals surface area contributed by atoms with E-state index < -0.39 is 0 Å².